The van der Waals surface area contributed by atoms with Gasteiger partial charge >= 0.3 is 12.3 Å². The van der Waals surface area contributed by atoms with Gasteiger partial charge < -0.3 is 19.3 Å². The molecule has 0 unspecified atom stereocenters. The molecule has 9 heteroatoms. The van der Waals surface area contributed by atoms with Crippen LogP contribution in [0.3, 0.4) is 0 Å². The highest BCUT2D eigenvalue weighted by Gasteiger charge is 2.42. The SMILES string of the molecule is O=C(O)CC1(c2ccc(OCc3cc(F)cc(OC(F)(F)F)c3)cc2)COC1. The van der Waals surface area contributed by atoms with Gasteiger partial charge in [-0.15, -0.1) is 13.2 Å². The highest BCUT2D eigenvalue weighted by molar-refractivity contribution is 5.69. The van der Waals surface area contributed by atoms with Crippen molar-refractivity contribution in [3.05, 3.63) is 59.4 Å². The summed E-state index contributed by atoms with van der Waals surface area (Å²) in [4.78, 5) is 11.1. The van der Waals surface area contributed by atoms with E-state index in [2.05, 4.69) is 4.74 Å². The van der Waals surface area contributed by atoms with E-state index in [0.717, 1.165) is 17.7 Å². The van der Waals surface area contributed by atoms with Crippen LogP contribution in [0.25, 0.3) is 0 Å². The van der Waals surface area contributed by atoms with Gasteiger partial charge in [0.05, 0.1) is 25.0 Å². The molecule has 1 aliphatic heterocycles. The molecule has 3 rings (SSSR count). The lowest BCUT2D eigenvalue weighted by Gasteiger charge is -2.40. The summed E-state index contributed by atoms with van der Waals surface area (Å²) in [6.07, 6.45) is -4.97. The largest absolute Gasteiger partial charge is 0.573 e. The first-order valence-corrected chi connectivity index (χ1v) is 8.23. The van der Waals surface area contributed by atoms with Gasteiger partial charge in [-0.3, -0.25) is 4.79 Å². The van der Waals surface area contributed by atoms with Crippen molar-refractivity contribution in [1.82, 2.24) is 0 Å². The highest BCUT2D eigenvalue weighted by Crippen LogP contribution is 2.36. The number of hydrogen-bond donors (Lipinski definition) is 1. The summed E-state index contributed by atoms with van der Waals surface area (Å²) in [6, 6.07) is 9.38. The average Bonchev–Trinajstić information content (AvgIpc) is 2.54. The van der Waals surface area contributed by atoms with Crippen LogP contribution < -0.4 is 9.47 Å². The fraction of sp³-hybridized carbons (Fsp3) is 0.316. The van der Waals surface area contributed by atoms with Gasteiger partial charge in [0.2, 0.25) is 0 Å². The third kappa shape index (κ3) is 4.92. The zero-order chi connectivity index (χ0) is 20.4. The molecule has 0 amide bonds. The first kappa shape index (κ1) is 19.9. The summed E-state index contributed by atoms with van der Waals surface area (Å²) in [5.41, 5.74) is 0.384. The van der Waals surface area contributed by atoms with E-state index in [1.165, 1.54) is 0 Å². The Kier molecular flexibility index (Phi) is 5.46. The van der Waals surface area contributed by atoms with Crippen LogP contribution in [-0.4, -0.2) is 30.7 Å². The second-order valence-corrected chi connectivity index (χ2v) is 6.50. The molecule has 0 aliphatic carbocycles. The standard InChI is InChI=1S/C19H16F4O5/c20-14-5-12(6-16(7-14)28-19(21,22)23)9-27-15-3-1-13(2-4-15)18(8-17(24)25)10-26-11-18/h1-7H,8-11H2,(H,24,25). The fourth-order valence-corrected chi connectivity index (χ4v) is 2.98. The third-order valence-corrected chi connectivity index (χ3v) is 4.28. The number of rotatable bonds is 7. The van der Waals surface area contributed by atoms with Gasteiger partial charge in [0.1, 0.15) is 23.9 Å². The molecule has 0 aromatic heterocycles. The number of hydrogen-bond acceptors (Lipinski definition) is 4. The molecule has 150 valence electrons. The molecule has 5 nitrogen and oxygen atoms in total. The Labute approximate surface area is 157 Å². The fourth-order valence-electron chi connectivity index (χ4n) is 2.98. The molecule has 28 heavy (non-hydrogen) atoms. The Balaban J connectivity index is 1.66. The summed E-state index contributed by atoms with van der Waals surface area (Å²) >= 11 is 0. The van der Waals surface area contributed by atoms with Crippen molar-refractivity contribution in [2.45, 2.75) is 24.8 Å². The number of alkyl halides is 3. The predicted molar refractivity (Wildman–Crippen MR) is 88.6 cm³/mol. The van der Waals surface area contributed by atoms with Gasteiger partial charge in [0.15, 0.2) is 0 Å². The molecule has 0 radical (unpaired) electrons. The van der Waals surface area contributed by atoms with Crippen molar-refractivity contribution < 1.29 is 41.7 Å². The molecule has 1 saturated heterocycles. The Bertz CT molecular complexity index is 844. The Morgan fingerprint density at radius 3 is 2.32 bits per heavy atom. The maximum atomic E-state index is 13.5. The summed E-state index contributed by atoms with van der Waals surface area (Å²) in [5.74, 6) is -2.07. The molecule has 1 fully saturated rings. The quantitative estimate of drug-likeness (QED) is 0.711. The number of carboxylic acids is 1. The molecule has 0 saturated carbocycles. The maximum Gasteiger partial charge on any atom is 0.573 e. The molecular formula is C19H16F4O5. The van der Waals surface area contributed by atoms with E-state index in [1.807, 2.05) is 0 Å². The smallest absolute Gasteiger partial charge is 0.489 e. The van der Waals surface area contributed by atoms with Gasteiger partial charge in [-0.1, -0.05) is 12.1 Å². The second-order valence-electron chi connectivity index (χ2n) is 6.50. The Hall–Kier alpha value is -2.81. The van der Waals surface area contributed by atoms with E-state index in [9.17, 15) is 22.4 Å². The van der Waals surface area contributed by atoms with Crippen molar-refractivity contribution in [2.75, 3.05) is 13.2 Å². The summed E-state index contributed by atoms with van der Waals surface area (Å²) in [7, 11) is 0. The zero-order valence-electron chi connectivity index (χ0n) is 14.5. The lowest BCUT2D eigenvalue weighted by molar-refractivity contribution is -0.274. The number of aliphatic carboxylic acids is 1. The number of carbonyl (C=O) groups is 1. The second kappa shape index (κ2) is 7.67. The van der Waals surface area contributed by atoms with E-state index in [-0.39, 0.29) is 18.6 Å². The molecule has 2 aromatic carbocycles. The van der Waals surface area contributed by atoms with Gasteiger partial charge in [0, 0.05) is 6.07 Å². The average molecular weight is 400 g/mol. The summed E-state index contributed by atoms with van der Waals surface area (Å²) < 4.78 is 64.7. The van der Waals surface area contributed by atoms with Crippen molar-refractivity contribution >= 4 is 5.97 Å². The molecule has 0 atom stereocenters. The Morgan fingerprint density at radius 2 is 1.79 bits per heavy atom. The lowest BCUT2D eigenvalue weighted by Crippen LogP contribution is -2.48. The molecule has 0 spiro atoms. The third-order valence-electron chi connectivity index (χ3n) is 4.28. The van der Waals surface area contributed by atoms with E-state index < -0.39 is 29.3 Å². The molecule has 1 N–H and O–H groups in total. The number of halogens is 4. The summed E-state index contributed by atoms with van der Waals surface area (Å²) in [6.45, 7) is 0.449. The van der Waals surface area contributed by atoms with Crippen molar-refractivity contribution in [2.24, 2.45) is 0 Å². The van der Waals surface area contributed by atoms with Crippen LogP contribution in [0, 0.1) is 5.82 Å². The van der Waals surface area contributed by atoms with Crippen molar-refractivity contribution in [3.8, 4) is 11.5 Å². The highest BCUT2D eigenvalue weighted by atomic mass is 19.4. The minimum Gasteiger partial charge on any atom is -0.489 e. The number of ether oxygens (including phenoxy) is 3. The molecule has 0 bridgehead atoms. The number of benzene rings is 2. The molecule has 1 heterocycles. The molecular weight excluding hydrogens is 384 g/mol. The summed E-state index contributed by atoms with van der Waals surface area (Å²) in [5, 5.41) is 9.06. The van der Waals surface area contributed by atoms with E-state index >= 15 is 0 Å². The minimum absolute atomic E-state index is 0.0571. The monoisotopic (exact) mass is 400 g/mol. The van der Waals surface area contributed by atoms with Crippen LogP contribution in [0.15, 0.2) is 42.5 Å². The van der Waals surface area contributed by atoms with Crippen molar-refractivity contribution in [3.63, 3.8) is 0 Å². The lowest BCUT2D eigenvalue weighted by atomic mass is 9.76. The van der Waals surface area contributed by atoms with Crippen LogP contribution in [0.4, 0.5) is 17.6 Å². The zero-order valence-corrected chi connectivity index (χ0v) is 14.5. The van der Waals surface area contributed by atoms with Gasteiger partial charge in [-0.2, -0.15) is 0 Å². The first-order chi connectivity index (χ1) is 13.2. The van der Waals surface area contributed by atoms with E-state index in [0.29, 0.717) is 25.0 Å². The topological polar surface area (TPSA) is 65.0 Å². The van der Waals surface area contributed by atoms with E-state index in [1.54, 1.807) is 24.3 Å². The van der Waals surface area contributed by atoms with Crippen LogP contribution in [0.2, 0.25) is 0 Å². The maximum absolute atomic E-state index is 13.5. The van der Waals surface area contributed by atoms with Gasteiger partial charge in [0.25, 0.3) is 0 Å². The van der Waals surface area contributed by atoms with Crippen molar-refractivity contribution in [1.29, 1.82) is 0 Å². The van der Waals surface area contributed by atoms with E-state index in [4.69, 9.17) is 14.6 Å². The number of carboxylic acid groups (broad SMARTS) is 1. The van der Waals surface area contributed by atoms with Crippen LogP contribution in [-0.2, 0) is 21.6 Å². The van der Waals surface area contributed by atoms with Crippen LogP contribution in [0.1, 0.15) is 17.5 Å². The minimum atomic E-state index is -4.92. The normalized spacial score (nSPS) is 15.6. The van der Waals surface area contributed by atoms with Crippen LogP contribution in [0.5, 0.6) is 11.5 Å². The molecule has 2 aromatic rings. The predicted octanol–water partition coefficient (Wildman–Crippen LogP) is 4.05. The van der Waals surface area contributed by atoms with Gasteiger partial charge in [-0.05, 0) is 35.4 Å². The molecule has 1 aliphatic rings. The van der Waals surface area contributed by atoms with Crippen LogP contribution >= 0.6 is 0 Å². The Morgan fingerprint density at radius 1 is 1.11 bits per heavy atom. The van der Waals surface area contributed by atoms with Gasteiger partial charge in [-0.25, -0.2) is 4.39 Å². The first-order valence-electron chi connectivity index (χ1n) is 8.23.